The highest BCUT2D eigenvalue weighted by Crippen LogP contribution is 2.42. The van der Waals surface area contributed by atoms with Crippen LogP contribution in [0.25, 0.3) is 0 Å². The molecule has 1 aromatic rings. The molecule has 0 spiro atoms. The van der Waals surface area contributed by atoms with Crippen LogP contribution in [-0.4, -0.2) is 85.5 Å². The van der Waals surface area contributed by atoms with Crippen LogP contribution >= 0.6 is 23.5 Å². The zero-order valence-corrected chi connectivity index (χ0v) is 18.6. The van der Waals surface area contributed by atoms with Crippen molar-refractivity contribution in [3.63, 3.8) is 0 Å². The summed E-state index contributed by atoms with van der Waals surface area (Å²) in [5.41, 5.74) is 0.556. The lowest BCUT2D eigenvalue weighted by atomic mass is 10.1. The minimum Gasteiger partial charge on any atom is -0.391 e. The van der Waals surface area contributed by atoms with Crippen LogP contribution in [0.1, 0.15) is 13.8 Å². The van der Waals surface area contributed by atoms with Crippen molar-refractivity contribution >= 4 is 47.3 Å². The molecule has 2 aliphatic rings. The number of hydrogen-bond acceptors (Lipinski definition) is 13. The van der Waals surface area contributed by atoms with Crippen LogP contribution in [0.5, 0.6) is 0 Å². The summed E-state index contributed by atoms with van der Waals surface area (Å²) in [5.74, 6) is -2.35. The number of thioether (sulfide) groups is 2. The van der Waals surface area contributed by atoms with Gasteiger partial charge in [-0.1, -0.05) is 11.8 Å². The van der Waals surface area contributed by atoms with Gasteiger partial charge in [0.1, 0.15) is 11.1 Å². The van der Waals surface area contributed by atoms with E-state index in [0.717, 1.165) is 13.8 Å². The number of carbonyl (C=O) groups is 4. The fourth-order valence-corrected chi connectivity index (χ4v) is 5.17. The van der Waals surface area contributed by atoms with E-state index in [9.17, 15) is 19.2 Å². The lowest BCUT2D eigenvalue weighted by Crippen LogP contribution is -2.65. The highest BCUT2D eigenvalue weighted by atomic mass is 32.2. The van der Waals surface area contributed by atoms with Gasteiger partial charge in [-0.25, -0.2) is 9.48 Å². The van der Waals surface area contributed by atoms with Crippen molar-refractivity contribution in [3.8, 4) is 0 Å². The highest BCUT2D eigenvalue weighted by molar-refractivity contribution is 8.01. The third-order valence-electron chi connectivity index (χ3n) is 4.13. The van der Waals surface area contributed by atoms with Gasteiger partial charge in [-0.3, -0.25) is 19.3 Å². The predicted octanol–water partition coefficient (Wildman–Crippen LogP) is -0.561. The van der Waals surface area contributed by atoms with Crippen molar-refractivity contribution in [2.45, 2.75) is 37.0 Å². The van der Waals surface area contributed by atoms with Crippen molar-refractivity contribution in [3.05, 3.63) is 11.3 Å². The number of nitrogens with zero attached hydrogens (tertiary/aromatic N) is 5. The Labute approximate surface area is 184 Å². The van der Waals surface area contributed by atoms with Crippen LogP contribution in [-0.2, 0) is 45.2 Å². The van der Waals surface area contributed by atoms with Gasteiger partial charge >= 0.3 is 24.4 Å². The molecule has 13 nitrogen and oxygen atoms in total. The molecule has 1 saturated heterocycles. The Hall–Kier alpha value is -2.65. The number of hydrogen-bond donors (Lipinski definition) is 0. The molecule has 1 amide bonds. The largest absolute Gasteiger partial charge is 0.413 e. The number of tetrazole rings is 1. The van der Waals surface area contributed by atoms with E-state index < -0.39 is 41.8 Å². The minimum atomic E-state index is -1.88. The molecule has 2 atom stereocenters. The van der Waals surface area contributed by atoms with Gasteiger partial charge in [-0.05, 0) is 16.0 Å². The molecule has 3 heterocycles. The Morgan fingerprint density at radius 3 is 2.45 bits per heavy atom. The van der Waals surface area contributed by atoms with Crippen LogP contribution in [0.15, 0.2) is 16.4 Å². The number of amides is 1. The molecule has 31 heavy (non-hydrogen) atoms. The van der Waals surface area contributed by atoms with E-state index in [0.29, 0.717) is 16.5 Å². The predicted molar refractivity (Wildman–Crippen MR) is 104 cm³/mol. The normalized spacial score (nSPS) is 20.3. The number of aryl methyl sites for hydroxylation is 1. The van der Waals surface area contributed by atoms with Gasteiger partial charge in [-0.15, -0.1) is 16.9 Å². The number of β-lactam (4-membered cyclic amide) rings is 1. The molecule has 168 valence electrons. The summed E-state index contributed by atoms with van der Waals surface area (Å²) in [6, 6.07) is 0. The van der Waals surface area contributed by atoms with Crippen LogP contribution in [0.4, 0.5) is 0 Å². The number of rotatable bonds is 8. The first-order valence-corrected chi connectivity index (χ1v) is 10.9. The van der Waals surface area contributed by atoms with Crippen LogP contribution < -0.4 is 0 Å². The van der Waals surface area contributed by atoms with Gasteiger partial charge < -0.3 is 18.9 Å². The van der Waals surface area contributed by atoms with Crippen molar-refractivity contribution in [2.24, 2.45) is 7.05 Å². The zero-order chi connectivity index (χ0) is 22.7. The molecule has 0 aliphatic carbocycles. The highest BCUT2D eigenvalue weighted by Gasteiger charge is 2.54. The first kappa shape index (κ1) is 23.0. The number of methoxy groups -OCH3 is 1. The van der Waals surface area contributed by atoms with Gasteiger partial charge in [-0.2, -0.15) is 0 Å². The summed E-state index contributed by atoms with van der Waals surface area (Å²) < 4.78 is 21.2. The number of ether oxygens (including phenoxy) is 4. The minimum absolute atomic E-state index is 0.0195. The number of esters is 3. The smallest absolute Gasteiger partial charge is 0.391 e. The van der Waals surface area contributed by atoms with Crippen molar-refractivity contribution < 1.29 is 38.1 Å². The molecule has 1 fully saturated rings. The fourth-order valence-electron chi connectivity index (χ4n) is 2.81. The summed E-state index contributed by atoms with van der Waals surface area (Å²) in [7, 11) is 3.08. The summed E-state index contributed by atoms with van der Waals surface area (Å²) in [6.07, 6.45) is -0.692. The Morgan fingerprint density at radius 2 is 1.90 bits per heavy atom. The third-order valence-corrected chi connectivity index (χ3v) is 6.54. The average Bonchev–Trinajstić information content (AvgIpc) is 3.09. The van der Waals surface area contributed by atoms with E-state index in [1.165, 1.54) is 40.2 Å². The molecule has 0 saturated carbocycles. The maximum absolute atomic E-state index is 13.0. The number of aromatic nitrogens is 4. The second kappa shape index (κ2) is 9.65. The van der Waals surface area contributed by atoms with E-state index in [-0.39, 0.29) is 11.4 Å². The number of carbonyl (C=O) groups excluding carboxylic acids is 4. The fraction of sp³-hybridized carbons (Fsp3) is 0.562. The van der Waals surface area contributed by atoms with Crippen molar-refractivity contribution in [1.82, 2.24) is 25.1 Å². The van der Waals surface area contributed by atoms with E-state index in [4.69, 9.17) is 18.9 Å². The maximum atomic E-state index is 13.0. The van der Waals surface area contributed by atoms with Gasteiger partial charge in [0, 0.05) is 39.5 Å². The zero-order valence-electron chi connectivity index (χ0n) is 17.0. The lowest BCUT2D eigenvalue weighted by Gasteiger charge is -2.48. The first-order chi connectivity index (χ1) is 14.7. The topological polar surface area (TPSA) is 152 Å². The van der Waals surface area contributed by atoms with E-state index in [1.807, 2.05) is 0 Å². The SMILES string of the molecule is COC1C(=O)N2C(C(=O)OC(OC(C)=O)OC(C)=O)=C(CSc3nnnn3C)CS[C@@H]12. The molecular weight excluding hydrogens is 454 g/mol. The van der Waals surface area contributed by atoms with Crippen LogP contribution in [0.2, 0.25) is 0 Å². The Kier molecular flexibility index (Phi) is 7.17. The molecule has 3 rings (SSSR count). The number of fused-ring (bicyclic) bond motifs is 1. The molecule has 1 unspecified atom stereocenters. The van der Waals surface area contributed by atoms with Gasteiger partial charge in [0.2, 0.25) is 5.16 Å². The third kappa shape index (κ3) is 4.99. The van der Waals surface area contributed by atoms with Gasteiger partial charge in [0.25, 0.3) is 5.91 Å². The quantitative estimate of drug-likeness (QED) is 0.205. The monoisotopic (exact) mass is 473 g/mol. The van der Waals surface area contributed by atoms with Crippen molar-refractivity contribution in [1.29, 1.82) is 0 Å². The van der Waals surface area contributed by atoms with E-state index >= 15 is 0 Å². The Morgan fingerprint density at radius 1 is 1.23 bits per heavy atom. The molecule has 0 aromatic carbocycles. The standard InChI is InChI=1S/C16H19N5O8S2/c1-7(22)27-16(28-8(2)23)29-14(25)10-9(6-31-15-17-18-19-20(15)3)5-30-13-11(26-4)12(24)21(10)13/h11,13,16H,5-6H2,1-4H3/t11?,13-/m0/s1. The Balaban J connectivity index is 1.86. The molecule has 0 radical (unpaired) electrons. The second-order valence-corrected chi connectivity index (χ2v) is 8.35. The summed E-state index contributed by atoms with van der Waals surface area (Å²) in [4.78, 5) is 49.3. The summed E-state index contributed by atoms with van der Waals surface area (Å²) in [5, 5.41) is 11.3. The van der Waals surface area contributed by atoms with Crippen LogP contribution in [0, 0.1) is 0 Å². The molecule has 15 heteroatoms. The molecule has 0 N–H and O–H groups in total. The van der Waals surface area contributed by atoms with Crippen molar-refractivity contribution in [2.75, 3.05) is 18.6 Å². The van der Waals surface area contributed by atoms with E-state index in [1.54, 1.807) is 7.05 Å². The lowest BCUT2D eigenvalue weighted by molar-refractivity contribution is -0.255. The van der Waals surface area contributed by atoms with Gasteiger partial charge in [0.05, 0.1) is 0 Å². The molecular formula is C16H19N5O8S2. The van der Waals surface area contributed by atoms with Gasteiger partial charge in [0.15, 0.2) is 6.10 Å². The molecule has 1 aromatic heterocycles. The first-order valence-electron chi connectivity index (χ1n) is 8.83. The second-order valence-electron chi connectivity index (χ2n) is 6.30. The molecule has 0 bridgehead atoms. The Bertz CT molecular complexity index is 919. The van der Waals surface area contributed by atoms with Crippen LogP contribution in [0.3, 0.4) is 0 Å². The summed E-state index contributed by atoms with van der Waals surface area (Å²) in [6.45, 7) is 0.251. The summed E-state index contributed by atoms with van der Waals surface area (Å²) >= 11 is 2.70. The maximum Gasteiger partial charge on any atom is 0.413 e. The average molecular weight is 473 g/mol. The van der Waals surface area contributed by atoms with E-state index in [2.05, 4.69) is 15.5 Å². The molecule has 2 aliphatic heterocycles.